The van der Waals surface area contributed by atoms with Gasteiger partial charge in [-0.25, -0.2) is 0 Å². The molecule has 0 aliphatic heterocycles. The maximum absolute atomic E-state index is 12.4. The van der Waals surface area contributed by atoms with E-state index >= 15 is 0 Å². The van der Waals surface area contributed by atoms with Crippen molar-refractivity contribution in [1.29, 1.82) is 0 Å². The van der Waals surface area contributed by atoms with Gasteiger partial charge in [0.15, 0.2) is 5.78 Å². The molecule has 0 aliphatic rings. The highest BCUT2D eigenvalue weighted by Crippen LogP contribution is 2.16. The third kappa shape index (κ3) is 4.76. The molecular weight excluding hydrogens is 356 g/mol. The lowest BCUT2D eigenvalue weighted by Gasteiger charge is -2.13. The van der Waals surface area contributed by atoms with E-state index in [1.807, 2.05) is 38.1 Å². The lowest BCUT2D eigenvalue weighted by molar-refractivity contribution is -0.144. The Morgan fingerprint density at radius 1 is 1.00 bits per heavy atom. The van der Waals surface area contributed by atoms with Crippen molar-refractivity contribution < 1.29 is 14.3 Å². The van der Waals surface area contributed by atoms with Crippen molar-refractivity contribution in [3.63, 3.8) is 0 Å². The molecule has 0 aromatic heterocycles. The number of rotatable bonds is 6. The summed E-state index contributed by atoms with van der Waals surface area (Å²) in [4.78, 5) is 24.0. The standard InChI is InChI=1S/C19H19BrO3/c1-13(2)17(20)19(22)23-12-14-7-6-10-16(11-14)18(21)15-8-4-3-5-9-15/h3-11,13,17H,12H2,1-2H3. The minimum absolute atomic E-state index is 0.0423. The van der Waals surface area contributed by atoms with Gasteiger partial charge in [-0.1, -0.05) is 78.3 Å². The molecule has 3 nitrogen and oxygen atoms in total. The van der Waals surface area contributed by atoms with Crippen LogP contribution in [0.1, 0.15) is 35.3 Å². The molecule has 2 aromatic carbocycles. The fourth-order valence-electron chi connectivity index (χ4n) is 2.06. The van der Waals surface area contributed by atoms with Crippen molar-refractivity contribution in [2.24, 2.45) is 5.92 Å². The summed E-state index contributed by atoms with van der Waals surface area (Å²) < 4.78 is 5.29. The number of hydrogen-bond acceptors (Lipinski definition) is 3. The molecule has 1 atom stereocenters. The van der Waals surface area contributed by atoms with Crippen LogP contribution in [-0.2, 0) is 16.1 Å². The number of halogens is 1. The zero-order valence-corrected chi connectivity index (χ0v) is 14.7. The molecule has 0 amide bonds. The molecule has 0 aliphatic carbocycles. The Hall–Kier alpha value is -1.94. The maximum atomic E-state index is 12.4. The Balaban J connectivity index is 2.06. The van der Waals surface area contributed by atoms with Gasteiger partial charge in [0, 0.05) is 11.1 Å². The second-order valence-electron chi connectivity index (χ2n) is 5.65. The van der Waals surface area contributed by atoms with E-state index in [1.165, 1.54) is 0 Å². The monoisotopic (exact) mass is 374 g/mol. The van der Waals surface area contributed by atoms with Gasteiger partial charge >= 0.3 is 5.97 Å². The lowest BCUT2D eigenvalue weighted by atomic mass is 10.0. The first-order valence-corrected chi connectivity index (χ1v) is 8.40. The molecule has 0 bridgehead atoms. The van der Waals surface area contributed by atoms with Crippen molar-refractivity contribution in [3.8, 4) is 0 Å². The number of carbonyl (C=O) groups is 2. The number of ether oxygens (including phenoxy) is 1. The average molecular weight is 375 g/mol. The molecule has 0 radical (unpaired) electrons. The van der Waals surface area contributed by atoms with Gasteiger partial charge in [-0.05, 0) is 17.5 Å². The first-order chi connectivity index (χ1) is 11.0. The molecule has 0 N–H and O–H groups in total. The number of benzene rings is 2. The van der Waals surface area contributed by atoms with Gasteiger partial charge in [0.05, 0.1) is 0 Å². The molecular formula is C19H19BrO3. The summed E-state index contributed by atoms with van der Waals surface area (Å²) in [5.74, 6) is -0.174. The van der Waals surface area contributed by atoms with Gasteiger partial charge in [-0.15, -0.1) is 0 Å². The Kier molecular flexibility index (Phi) is 6.11. The zero-order valence-electron chi connectivity index (χ0n) is 13.2. The highest BCUT2D eigenvalue weighted by molar-refractivity contribution is 9.10. The summed E-state index contributed by atoms with van der Waals surface area (Å²) in [6.45, 7) is 4.04. The second-order valence-corrected chi connectivity index (χ2v) is 6.64. The number of carbonyl (C=O) groups excluding carboxylic acids is 2. The van der Waals surface area contributed by atoms with E-state index < -0.39 is 0 Å². The summed E-state index contributed by atoms with van der Waals surface area (Å²) in [5, 5.41) is 0. The fraction of sp³-hybridized carbons (Fsp3) is 0.263. The molecule has 23 heavy (non-hydrogen) atoms. The van der Waals surface area contributed by atoms with Crippen LogP contribution in [0.2, 0.25) is 0 Å². The summed E-state index contributed by atoms with van der Waals surface area (Å²) >= 11 is 3.32. The third-order valence-corrected chi connectivity index (χ3v) is 4.85. The van der Waals surface area contributed by atoms with E-state index in [9.17, 15) is 9.59 Å². The van der Waals surface area contributed by atoms with Crippen molar-refractivity contribution in [1.82, 2.24) is 0 Å². The Labute approximate surface area is 144 Å². The largest absolute Gasteiger partial charge is 0.460 e. The summed E-state index contributed by atoms with van der Waals surface area (Å²) in [6.07, 6.45) is 0. The number of esters is 1. The highest BCUT2D eigenvalue weighted by Gasteiger charge is 2.20. The summed E-state index contributed by atoms with van der Waals surface area (Å²) in [7, 11) is 0. The number of ketones is 1. The summed E-state index contributed by atoms with van der Waals surface area (Å²) in [6, 6.07) is 16.3. The first-order valence-electron chi connectivity index (χ1n) is 7.48. The van der Waals surface area contributed by atoms with Crippen LogP contribution in [-0.4, -0.2) is 16.6 Å². The zero-order chi connectivity index (χ0) is 16.8. The van der Waals surface area contributed by atoms with E-state index in [-0.39, 0.29) is 29.1 Å². The quantitative estimate of drug-likeness (QED) is 0.428. The smallest absolute Gasteiger partial charge is 0.320 e. The van der Waals surface area contributed by atoms with Crippen LogP contribution >= 0.6 is 15.9 Å². The normalized spacial score (nSPS) is 12.0. The van der Waals surface area contributed by atoms with Crippen molar-refractivity contribution >= 4 is 27.7 Å². The van der Waals surface area contributed by atoms with Gasteiger partial charge in [0.1, 0.15) is 11.4 Å². The minimum atomic E-state index is -0.323. The molecule has 0 fully saturated rings. The molecule has 0 spiro atoms. The highest BCUT2D eigenvalue weighted by atomic mass is 79.9. The minimum Gasteiger partial charge on any atom is -0.460 e. The Morgan fingerprint density at radius 2 is 1.65 bits per heavy atom. The summed E-state index contributed by atoms with van der Waals surface area (Å²) in [5.41, 5.74) is 2.02. The van der Waals surface area contributed by atoms with E-state index in [0.29, 0.717) is 11.1 Å². The van der Waals surface area contributed by atoms with Crippen molar-refractivity contribution in [2.45, 2.75) is 25.3 Å². The SMILES string of the molecule is CC(C)C(Br)C(=O)OCc1cccc(C(=O)c2ccccc2)c1. The van der Waals surface area contributed by atoms with E-state index in [2.05, 4.69) is 15.9 Å². The molecule has 0 saturated heterocycles. The van der Waals surface area contributed by atoms with Gasteiger partial charge in [0.25, 0.3) is 0 Å². The number of alkyl halides is 1. The van der Waals surface area contributed by atoms with Crippen LogP contribution in [0, 0.1) is 5.92 Å². The topological polar surface area (TPSA) is 43.4 Å². The van der Waals surface area contributed by atoms with Gasteiger partial charge in [0.2, 0.25) is 0 Å². The van der Waals surface area contributed by atoms with Gasteiger partial charge < -0.3 is 4.74 Å². The molecule has 1 unspecified atom stereocenters. The van der Waals surface area contributed by atoms with Crippen molar-refractivity contribution in [2.75, 3.05) is 0 Å². The van der Waals surface area contributed by atoms with Crippen LogP contribution < -0.4 is 0 Å². The van der Waals surface area contributed by atoms with Crippen LogP contribution in [0.5, 0.6) is 0 Å². The van der Waals surface area contributed by atoms with Crippen molar-refractivity contribution in [3.05, 3.63) is 71.3 Å². The van der Waals surface area contributed by atoms with Gasteiger partial charge in [-0.3, -0.25) is 9.59 Å². The molecule has 0 heterocycles. The molecule has 2 aromatic rings. The maximum Gasteiger partial charge on any atom is 0.320 e. The average Bonchev–Trinajstić information content (AvgIpc) is 2.59. The fourth-order valence-corrected chi connectivity index (χ4v) is 2.20. The number of hydrogen-bond donors (Lipinski definition) is 0. The lowest BCUT2D eigenvalue weighted by Crippen LogP contribution is -2.22. The van der Waals surface area contributed by atoms with Crippen LogP contribution in [0.4, 0.5) is 0 Å². The second kappa shape index (κ2) is 8.06. The van der Waals surface area contributed by atoms with E-state index in [1.54, 1.807) is 30.3 Å². The van der Waals surface area contributed by atoms with Crippen LogP contribution in [0.3, 0.4) is 0 Å². The third-order valence-electron chi connectivity index (χ3n) is 3.42. The Bertz CT molecular complexity index is 680. The van der Waals surface area contributed by atoms with E-state index in [4.69, 9.17) is 4.74 Å². The predicted molar refractivity (Wildman–Crippen MR) is 93.7 cm³/mol. The molecule has 120 valence electrons. The van der Waals surface area contributed by atoms with Crippen LogP contribution in [0.25, 0.3) is 0 Å². The predicted octanol–water partition coefficient (Wildman–Crippen LogP) is 4.38. The Morgan fingerprint density at radius 3 is 2.30 bits per heavy atom. The van der Waals surface area contributed by atoms with Crippen LogP contribution in [0.15, 0.2) is 54.6 Å². The molecule has 4 heteroatoms. The molecule has 0 saturated carbocycles. The molecule has 2 rings (SSSR count). The van der Waals surface area contributed by atoms with Gasteiger partial charge in [-0.2, -0.15) is 0 Å². The van der Waals surface area contributed by atoms with E-state index in [0.717, 1.165) is 5.56 Å². The first kappa shape index (κ1) is 17.4.